The molecular weight excluding hydrogens is 194 g/mol. The molecule has 13 heavy (non-hydrogen) atoms. The van der Waals surface area contributed by atoms with Crippen LogP contribution in [-0.2, 0) is 19.6 Å². The Bertz CT molecular complexity index is 409. The highest BCUT2D eigenvalue weighted by Gasteiger charge is 2.07. The van der Waals surface area contributed by atoms with Gasteiger partial charge in [-0.15, -0.1) is 0 Å². The first-order valence-corrected chi connectivity index (χ1v) is 4.74. The fourth-order valence-corrected chi connectivity index (χ4v) is 1.13. The first-order valence-electron chi connectivity index (χ1n) is 3.24. The van der Waals surface area contributed by atoms with E-state index in [1.54, 1.807) is 0 Å². The van der Waals surface area contributed by atoms with Crippen molar-refractivity contribution in [1.29, 1.82) is 0 Å². The van der Waals surface area contributed by atoms with Crippen molar-refractivity contribution in [3.8, 4) is 0 Å². The van der Waals surface area contributed by atoms with E-state index in [0.717, 1.165) is 0 Å². The van der Waals surface area contributed by atoms with Crippen LogP contribution in [0.25, 0.3) is 0 Å². The van der Waals surface area contributed by atoms with Crippen molar-refractivity contribution in [3.63, 3.8) is 0 Å². The quantitative estimate of drug-likeness (QED) is 0.449. The van der Waals surface area contributed by atoms with E-state index in [2.05, 4.69) is 4.40 Å². The fraction of sp³-hybridized carbons (Fsp3) is 0. The largest absolute Gasteiger partial charge is 0.313 e. The van der Waals surface area contributed by atoms with Gasteiger partial charge in [-0.3, -0.25) is 9.59 Å². The number of hydrogen-bond donors (Lipinski definition) is 0. The van der Waals surface area contributed by atoms with Crippen LogP contribution in [0.15, 0.2) is 28.7 Å². The predicted octanol–water partition coefficient (Wildman–Crippen LogP) is -0.357. The van der Waals surface area contributed by atoms with Crippen molar-refractivity contribution >= 4 is 27.1 Å². The molecule has 0 aromatic rings. The number of rotatable bonds is 2. The fourth-order valence-electron chi connectivity index (χ4n) is 0.675. The Morgan fingerprint density at radius 3 is 2.15 bits per heavy atom. The number of nitrogens with zero attached hydrogens (tertiary/aromatic N) is 1. The van der Waals surface area contributed by atoms with Crippen molar-refractivity contribution in [2.45, 2.75) is 0 Å². The van der Waals surface area contributed by atoms with Gasteiger partial charge in [0, 0.05) is 0 Å². The van der Waals surface area contributed by atoms with Gasteiger partial charge in [0.25, 0.3) is 5.62 Å². The summed E-state index contributed by atoms with van der Waals surface area (Å²) in [5.74, 6) is -0.248. The second kappa shape index (κ2) is 3.44. The lowest BCUT2D eigenvalue weighted by atomic mass is 10.2. The number of ketones is 1. The summed E-state index contributed by atoms with van der Waals surface area (Å²) in [4.78, 5) is 20.6. The molecule has 6 heteroatoms. The summed E-state index contributed by atoms with van der Waals surface area (Å²) in [5.41, 5.74) is -0.190. The highest BCUT2D eigenvalue weighted by molar-refractivity contribution is 8.03. The van der Waals surface area contributed by atoms with Crippen LogP contribution in [0, 0.1) is 0 Å². The molecule has 0 unspecified atom stereocenters. The number of allylic oxidation sites excluding steroid dienone is 4. The first-order chi connectivity index (χ1) is 6.03. The zero-order valence-corrected chi connectivity index (χ0v) is 7.19. The van der Waals surface area contributed by atoms with Crippen LogP contribution in [-0.4, -0.2) is 25.5 Å². The van der Waals surface area contributed by atoms with E-state index in [9.17, 15) is 18.0 Å². The van der Waals surface area contributed by atoms with Gasteiger partial charge in [0.15, 0.2) is 5.78 Å². The van der Waals surface area contributed by atoms with Gasteiger partial charge in [-0.05, 0) is 24.3 Å². The van der Waals surface area contributed by atoms with Crippen LogP contribution in [0.2, 0.25) is 0 Å². The Morgan fingerprint density at radius 2 is 1.69 bits per heavy atom. The first kappa shape index (κ1) is 9.53. The number of hydrogen-bond acceptors (Lipinski definition) is 4. The van der Waals surface area contributed by atoms with Crippen molar-refractivity contribution in [1.82, 2.24) is 0 Å². The van der Waals surface area contributed by atoms with Crippen molar-refractivity contribution < 1.29 is 18.0 Å². The highest BCUT2D eigenvalue weighted by atomic mass is 32.2. The SMILES string of the molecule is O=CS(=O)(=O)N=C1C=CC(=O)C=C1. The summed E-state index contributed by atoms with van der Waals surface area (Å²) >= 11 is 0. The summed E-state index contributed by atoms with van der Waals surface area (Å²) in [6.07, 6.45) is 4.78. The third-order valence-corrected chi connectivity index (χ3v) is 1.90. The molecule has 0 spiro atoms. The summed E-state index contributed by atoms with van der Waals surface area (Å²) in [6.45, 7) is 0. The molecule has 0 fully saturated rings. The van der Waals surface area contributed by atoms with Gasteiger partial charge in [-0.25, -0.2) is 0 Å². The van der Waals surface area contributed by atoms with Crippen LogP contribution in [0.3, 0.4) is 0 Å². The molecule has 0 N–H and O–H groups in total. The number of sulfonamides is 1. The molecule has 1 aliphatic rings. The molecule has 0 atom stereocenters. The average Bonchev–Trinajstić information content (AvgIpc) is 2.09. The average molecular weight is 199 g/mol. The summed E-state index contributed by atoms with van der Waals surface area (Å²) in [6, 6.07) is 0. The molecule has 5 nitrogen and oxygen atoms in total. The lowest BCUT2D eigenvalue weighted by Gasteiger charge is -1.95. The Labute approximate surface area is 74.5 Å². The maximum atomic E-state index is 10.6. The van der Waals surface area contributed by atoms with Crippen molar-refractivity contribution in [2.75, 3.05) is 0 Å². The second-order valence-electron chi connectivity index (χ2n) is 2.20. The molecule has 0 heterocycles. The van der Waals surface area contributed by atoms with Crippen molar-refractivity contribution in [3.05, 3.63) is 24.3 Å². The molecule has 0 aliphatic heterocycles. The molecule has 0 amide bonds. The van der Waals surface area contributed by atoms with E-state index in [0.29, 0.717) is 0 Å². The monoisotopic (exact) mass is 199 g/mol. The minimum absolute atomic E-state index is 0.0618. The van der Waals surface area contributed by atoms with Gasteiger partial charge in [-0.1, -0.05) is 0 Å². The van der Waals surface area contributed by atoms with E-state index in [-0.39, 0.29) is 17.1 Å². The molecule has 0 bridgehead atoms. The third kappa shape index (κ3) is 2.75. The van der Waals surface area contributed by atoms with E-state index < -0.39 is 10.0 Å². The molecule has 0 saturated carbocycles. The molecule has 0 radical (unpaired) electrons. The zero-order chi connectivity index (χ0) is 9.90. The van der Waals surface area contributed by atoms with E-state index >= 15 is 0 Å². The van der Waals surface area contributed by atoms with Gasteiger partial charge >= 0.3 is 10.0 Å². The standard InChI is InChI=1S/C7H5NO4S/c9-5-13(11,12)8-6-1-3-7(10)4-2-6/h1-5H. The van der Waals surface area contributed by atoms with Crippen molar-refractivity contribution in [2.24, 2.45) is 4.40 Å². The predicted molar refractivity (Wildman–Crippen MR) is 46.4 cm³/mol. The Kier molecular flexibility index (Phi) is 2.52. The summed E-state index contributed by atoms with van der Waals surface area (Å²) in [5, 5.41) is 0. The van der Waals surface area contributed by atoms with Gasteiger partial charge in [0.05, 0.1) is 5.71 Å². The van der Waals surface area contributed by atoms with E-state index in [4.69, 9.17) is 0 Å². The third-order valence-electron chi connectivity index (χ3n) is 1.19. The Morgan fingerprint density at radius 1 is 1.15 bits per heavy atom. The van der Waals surface area contributed by atoms with Crippen LogP contribution in [0.4, 0.5) is 0 Å². The maximum Gasteiger partial charge on any atom is 0.313 e. The van der Waals surface area contributed by atoms with Gasteiger partial charge in [-0.2, -0.15) is 12.8 Å². The molecule has 0 aromatic heterocycles. The molecule has 0 aromatic carbocycles. The van der Waals surface area contributed by atoms with Gasteiger partial charge < -0.3 is 0 Å². The molecule has 68 valence electrons. The van der Waals surface area contributed by atoms with Crippen LogP contribution in [0.5, 0.6) is 0 Å². The van der Waals surface area contributed by atoms with Gasteiger partial charge in [0.2, 0.25) is 0 Å². The lowest BCUT2D eigenvalue weighted by Crippen LogP contribution is -2.04. The topological polar surface area (TPSA) is 80.6 Å². The zero-order valence-electron chi connectivity index (χ0n) is 6.38. The van der Waals surface area contributed by atoms with Crippen LogP contribution < -0.4 is 0 Å². The summed E-state index contributed by atoms with van der Waals surface area (Å²) in [7, 11) is -4.04. The number of carbonyl (C=O) groups is 2. The second-order valence-corrected chi connectivity index (χ2v) is 3.60. The highest BCUT2D eigenvalue weighted by Crippen LogP contribution is 1.98. The van der Waals surface area contributed by atoms with Crippen LogP contribution in [0.1, 0.15) is 0 Å². The minimum Gasteiger partial charge on any atom is -0.290 e. The maximum absolute atomic E-state index is 10.6. The molecular formula is C7H5NO4S. The Hall–Kier alpha value is -1.56. The minimum atomic E-state index is -4.04. The lowest BCUT2D eigenvalue weighted by molar-refractivity contribution is -0.110. The number of carbonyl (C=O) groups excluding carboxylic acids is 2. The van der Waals surface area contributed by atoms with Gasteiger partial charge in [0.1, 0.15) is 0 Å². The molecule has 0 saturated heterocycles. The summed E-state index contributed by atoms with van der Waals surface area (Å²) < 4.78 is 24.4. The smallest absolute Gasteiger partial charge is 0.290 e. The van der Waals surface area contributed by atoms with E-state index in [1.807, 2.05) is 0 Å². The molecule has 1 rings (SSSR count). The van der Waals surface area contributed by atoms with E-state index in [1.165, 1.54) is 24.3 Å². The molecule has 1 aliphatic carbocycles. The Balaban J connectivity index is 3.00. The van der Waals surface area contributed by atoms with Crippen LogP contribution >= 0.6 is 0 Å². The normalized spacial score (nSPS) is 16.0.